The van der Waals surface area contributed by atoms with Gasteiger partial charge in [-0.15, -0.1) is 0 Å². The number of aliphatic hydroxyl groups is 1. The SMILES string of the molecule is C/C=C/CNCCc1ccc(S(=O)(=O)N2CCN(C3CCCCC3)C2=N)cc1.CO. The van der Waals surface area contributed by atoms with Gasteiger partial charge in [-0.3, -0.25) is 5.41 Å². The fourth-order valence-corrected chi connectivity index (χ4v) is 5.42. The molecule has 0 radical (unpaired) electrons. The van der Waals surface area contributed by atoms with Gasteiger partial charge in [0.25, 0.3) is 10.0 Å². The number of hydrogen-bond acceptors (Lipinski definition) is 5. The van der Waals surface area contributed by atoms with Crippen LogP contribution in [0.4, 0.5) is 0 Å². The first-order valence-electron chi connectivity index (χ1n) is 10.8. The lowest BCUT2D eigenvalue weighted by Gasteiger charge is -2.32. The zero-order valence-corrected chi connectivity index (χ0v) is 19.0. The predicted molar refractivity (Wildman–Crippen MR) is 121 cm³/mol. The first kappa shape index (κ1) is 24.4. The number of nitrogens with one attached hydrogen (secondary N) is 2. The molecule has 0 amide bonds. The van der Waals surface area contributed by atoms with Gasteiger partial charge in [0, 0.05) is 26.2 Å². The topological polar surface area (TPSA) is 96.7 Å². The first-order valence-corrected chi connectivity index (χ1v) is 12.2. The first-order chi connectivity index (χ1) is 14.5. The number of guanidine groups is 1. The summed E-state index contributed by atoms with van der Waals surface area (Å²) in [6.45, 7) is 4.68. The number of hydrogen-bond donors (Lipinski definition) is 3. The Balaban J connectivity index is 0.00000155. The molecule has 0 atom stereocenters. The third kappa shape index (κ3) is 6.06. The second-order valence-electron chi connectivity index (χ2n) is 7.55. The Kier molecular flexibility index (Phi) is 9.81. The minimum Gasteiger partial charge on any atom is -0.400 e. The quantitative estimate of drug-likeness (QED) is 0.430. The molecule has 2 aliphatic rings. The summed E-state index contributed by atoms with van der Waals surface area (Å²) >= 11 is 0. The summed E-state index contributed by atoms with van der Waals surface area (Å²) in [5.74, 6) is 0.143. The average Bonchev–Trinajstić information content (AvgIpc) is 3.18. The third-order valence-corrected chi connectivity index (χ3v) is 7.47. The van der Waals surface area contributed by atoms with Crippen molar-refractivity contribution in [3.05, 3.63) is 42.0 Å². The van der Waals surface area contributed by atoms with Gasteiger partial charge in [-0.1, -0.05) is 43.5 Å². The number of sulfonamides is 1. The van der Waals surface area contributed by atoms with E-state index in [9.17, 15) is 8.42 Å². The zero-order chi connectivity index (χ0) is 22.0. The molecule has 1 heterocycles. The molecule has 1 aliphatic heterocycles. The van der Waals surface area contributed by atoms with E-state index in [0.717, 1.165) is 45.0 Å². The van der Waals surface area contributed by atoms with Crippen LogP contribution in [0.5, 0.6) is 0 Å². The highest BCUT2D eigenvalue weighted by molar-refractivity contribution is 7.89. The van der Waals surface area contributed by atoms with Crippen LogP contribution in [0, 0.1) is 5.41 Å². The van der Waals surface area contributed by atoms with Crippen molar-refractivity contribution in [2.24, 2.45) is 0 Å². The summed E-state index contributed by atoms with van der Waals surface area (Å²) in [7, 11) is -2.67. The Morgan fingerprint density at radius 3 is 2.43 bits per heavy atom. The fourth-order valence-electron chi connectivity index (χ4n) is 4.03. The van der Waals surface area contributed by atoms with E-state index in [0.29, 0.717) is 19.1 Å². The van der Waals surface area contributed by atoms with Gasteiger partial charge in [-0.05, 0) is 50.4 Å². The molecule has 3 N–H and O–H groups in total. The van der Waals surface area contributed by atoms with Crippen LogP contribution in [0.25, 0.3) is 0 Å². The smallest absolute Gasteiger partial charge is 0.266 e. The lowest BCUT2D eigenvalue weighted by Crippen LogP contribution is -2.42. The molecule has 1 saturated carbocycles. The average molecular weight is 437 g/mol. The van der Waals surface area contributed by atoms with Crippen LogP contribution in [0.2, 0.25) is 0 Å². The maximum atomic E-state index is 13.1. The molecular weight excluding hydrogens is 400 g/mol. The lowest BCUT2D eigenvalue weighted by molar-refractivity contribution is 0.260. The van der Waals surface area contributed by atoms with Gasteiger partial charge >= 0.3 is 0 Å². The molecule has 3 rings (SSSR count). The third-order valence-electron chi connectivity index (χ3n) is 5.67. The number of nitrogens with zero attached hydrogens (tertiary/aromatic N) is 2. The maximum Gasteiger partial charge on any atom is 0.266 e. The van der Waals surface area contributed by atoms with Crippen molar-refractivity contribution in [2.75, 3.05) is 33.3 Å². The Hall–Kier alpha value is -1.90. The Morgan fingerprint density at radius 2 is 1.80 bits per heavy atom. The van der Waals surface area contributed by atoms with Crippen LogP contribution < -0.4 is 5.32 Å². The number of rotatable bonds is 8. The normalized spacial score (nSPS) is 18.0. The second kappa shape index (κ2) is 12.1. The van der Waals surface area contributed by atoms with Crippen LogP contribution in [0.1, 0.15) is 44.6 Å². The van der Waals surface area contributed by atoms with E-state index in [-0.39, 0.29) is 10.9 Å². The Bertz CT molecular complexity index is 787. The van der Waals surface area contributed by atoms with Crippen molar-refractivity contribution < 1.29 is 13.5 Å². The lowest BCUT2D eigenvalue weighted by atomic mass is 9.94. The van der Waals surface area contributed by atoms with Gasteiger partial charge in [-0.2, -0.15) is 0 Å². The van der Waals surface area contributed by atoms with Crippen molar-refractivity contribution in [1.82, 2.24) is 14.5 Å². The van der Waals surface area contributed by atoms with Gasteiger partial charge in [0.05, 0.1) is 11.4 Å². The zero-order valence-electron chi connectivity index (χ0n) is 18.2. The molecule has 8 heteroatoms. The van der Waals surface area contributed by atoms with Gasteiger partial charge in [0.2, 0.25) is 5.96 Å². The van der Waals surface area contributed by atoms with E-state index >= 15 is 0 Å². The van der Waals surface area contributed by atoms with E-state index in [2.05, 4.69) is 11.4 Å². The summed E-state index contributed by atoms with van der Waals surface area (Å²) in [5.41, 5.74) is 1.10. The number of allylic oxidation sites excluding steroid dienone is 1. The fraction of sp³-hybridized carbons (Fsp3) is 0.591. The van der Waals surface area contributed by atoms with E-state index in [1.165, 1.54) is 23.6 Å². The molecule has 0 unspecified atom stereocenters. The largest absolute Gasteiger partial charge is 0.400 e. The minimum absolute atomic E-state index is 0.143. The highest BCUT2D eigenvalue weighted by Gasteiger charge is 2.38. The number of benzene rings is 1. The van der Waals surface area contributed by atoms with Crippen LogP contribution >= 0.6 is 0 Å². The van der Waals surface area contributed by atoms with Crippen LogP contribution in [0.3, 0.4) is 0 Å². The van der Waals surface area contributed by atoms with E-state index < -0.39 is 10.0 Å². The van der Waals surface area contributed by atoms with Crippen molar-refractivity contribution in [2.45, 2.75) is 56.4 Å². The number of aliphatic hydroxyl groups excluding tert-OH is 1. The molecule has 1 aliphatic carbocycles. The van der Waals surface area contributed by atoms with Crippen molar-refractivity contribution in [3.8, 4) is 0 Å². The molecule has 0 bridgehead atoms. The molecule has 2 fully saturated rings. The monoisotopic (exact) mass is 436 g/mol. The van der Waals surface area contributed by atoms with E-state index in [4.69, 9.17) is 10.5 Å². The molecule has 30 heavy (non-hydrogen) atoms. The molecular formula is C22H36N4O3S. The summed E-state index contributed by atoms with van der Waals surface area (Å²) in [5, 5.41) is 18.8. The molecule has 1 saturated heterocycles. The van der Waals surface area contributed by atoms with Crippen LogP contribution in [-0.2, 0) is 16.4 Å². The molecule has 1 aromatic rings. The van der Waals surface area contributed by atoms with Crippen LogP contribution in [-0.4, -0.2) is 68.0 Å². The molecule has 7 nitrogen and oxygen atoms in total. The van der Waals surface area contributed by atoms with Gasteiger partial charge in [0.15, 0.2) is 0 Å². The van der Waals surface area contributed by atoms with E-state index in [1.807, 2.05) is 30.0 Å². The highest BCUT2D eigenvalue weighted by atomic mass is 32.2. The summed E-state index contributed by atoms with van der Waals surface area (Å²) in [4.78, 5) is 2.26. The Morgan fingerprint density at radius 1 is 1.13 bits per heavy atom. The van der Waals surface area contributed by atoms with Crippen molar-refractivity contribution in [1.29, 1.82) is 5.41 Å². The van der Waals surface area contributed by atoms with Crippen LogP contribution in [0.15, 0.2) is 41.3 Å². The van der Waals surface area contributed by atoms with Gasteiger partial charge in [-0.25, -0.2) is 12.7 Å². The maximum absolute atomic E-state index is 13.1. The summed E-state index contributed by atoms with van der Waals surface area (Å²) < 4.78 is 27.4. The minimum atomic E-state index is -3.67. The van der Waals surface area contributed by atoms with E-state index in [1.54, 1.807) is 12.1 Å². The molecule has 0 spiro atoms. The Labute approximate surface area is 181 Å². The second-order valence-corrected chi connectivity index (χ2v) is 9.42. The van der Waals surface area contributed by atoms with Gasteiger partial charge < -0.3 is 15.3 Å². The molecule has 1 aromatic carbocycles. The summed E-state index contributed by atoms with van der Waals surface area (Å²) in [6, 6.07) is 7.42. The van der Waals surface area contributed by atoms with Gasteiger partial charge in [0.1, 0.15) is 0 Å². The summed E-state index contributed by atoms with van der Waals surface area (Å²) in [6.07, 6.45) is 10.7. The predicted octanol–water partition coefficient (Wildman–Crippen LogP) is 2.58. The molecule has 168 valence electrons. The highest BCUT2D eigenvalue weighted by Crippen LogP contribution is 2.28. The van der Waals surface area contributed by atoms with Crippen molar-refractivity contribution >= 4 is 16.0 Å². The standard InChI is InChI=1S/C21H32N4O2S.CH4O/c1-2-3-14-23-15-13-18-9-11-20(12-10-18)28(26,27)25-17-16-24(21(25)22)19-7-5-4-6-8-19;1-2/h2-3,9-12,19,22-23H,4-8,13-17H2,1H3;2H,1H3/b3-2+,22-21?;. The van der Waals surface area contributed by atoms with Crippen molar-refractivity contribution in [3.63, 3.8) is 0 Å². The molecule has 0 aromatic heterocycles.